The molecule has 0 spiro atoms. The summed E-state index contributed by atoms with van der Waals surface area (Å²) in [5, 5.41) is 12.3. The summed E-state index contributed by atoms with van der Waals surface area (Å²) in [4.78, 5) is 0. The van der Waals surface area contributed by atoms with Crippen LogP contribution in [0.2, 0.25) is 0 Å². The van der Waals surface area contributed by atoms with E-state index in [4.69, 9.17) is 10.00 Å². The summed E-state index contributed by atoms with van der Waals surface area (Å²) in [5.74, 6) is 0.899. The van der Waals surface area contributed by atoms with Crippen LogP contribution in [0, 0.1) is 17.2 Å². The van der Waals surface area contributed by atoms with Gasteiger partial charge in [0.05, 0.1) is 12.7 Å². The van der Waals surface area contributed by atoms with E-state index in [2.05, 4.69) is 11.4 Å². The lowest BCUT2D eigenvalue weighted by Gasteiger charge is -2.25. The average Bonchev–Trinajstić information content (AvgIpc) is 2.95. The standard InChI is InChI=1S/C12H22N2O/c1-10(2)14-12(3,8-13)9-15-7-6-11-4-5-11/h10-11,14H,4-7,9H2,1-3H3. The van der Waals surface area contributed by atoms with Crippen LogP contribution in [-0.2, 0) is 4.74 Å². The number of hydrogen-bond acceptors (Lipinski definition) is 3. The number of hydrogen-bond donors (Lipinski definition) is 1. The Labute approximate surface area is 92.8 Å². The molecule has 1 aliphatic rings. The fourth-order valence-corrected chi connectivity index (χ4v) is 1.68. The Balaban J connectivity index is 2.16. The highest BCUT2D eigenvalue weighted by Crippen LogP contribution is 2.32. The highest BCUT2D eigenvalue weighted by atomic mass is 16.5. The van der Waals surface area contributed by atoms with Gasteiger partial charge in [-0.2, -0.15) is 5.26 Å². The van der Waals surface area contributed by atoms with Gasteiger partial charge in [-0.3, -0.25) is 5.32 Å². The smallest absolute Gasteiger partial charge is 0.127 e. The first-order valence-electron chi connectivity index (χ1n) is 5.82. The molecule has 15 heavy (non-hydrogen) atoms. The number of nitriles is 1. The van der Waals surface area contributed by atoms with Crippen LogP contribution in [0.15, 0.2) is 0 Å². The minimum atomic E-state index is -0.544. The molecule has 0 radical (unpaired) electrons. The van der Waals surface area contributed by atoms with Gasteiger partial charge in [-0.1, -0.05) is 12.8 Å². The van der Waals surface area contributed by atoms with Gasteiger partial charge in [-0.25, -0.2) is 0 Å². The van der Waals surface area contributed by atoms with E-state index in [1.165, 1.54) is 12.8 Å². The Morgan fingerprint density at radius 2 is 2.20 bits per heavy atom. The first-order valence-corrected chi connectivity index (χ1v) is 5.82. The lowest BCUT2D eigenvalue weighted by Crippen LogP contribution is -2.48. The van der Waals surface area contributed by atoms with E-state index in [9.17, 15) is 0 Å². The monoisotopic (exact) mass is 210 g/mol. The highest BCUT2D eigenvalue weighted by Gasteiger charge is 2.25. The SMILES string of the molecule is CC(C)NC(C)(C#N)COCCC1CC1. The van der Waals surface area contributed by atoms with Crippen molar-refractivity contribution < 1.29 is 4.74 Å². The quantitative estimate of drug-likeness (QED) is 0.654. The molecule has 0 amide bonds. The number of nitrogens with one attached hydrogen (secondary N) is 1. The molecule has 1 fully saturated rings. The van der Waals surface area contributed by atoms with Crippen molar-refractivity contribution >= 4 is 0 Å². The molecule has 0 aromatic carbocycles. The van der Waals surface area contributed by atoms with Gasteiger partial charge in [0.2, 0.25) is 0 Å². The summed E-state index contributed by atoms with van der Waals surface area (Å²) in [6.45, 7) is 7.25. The van der Waals surface area contributed by atoms with Gasteiger partial charge < -0.3 is 4.74 Å². The third-order valence-electron chi connectivity index (χ3n) is 2.61. The molecule has 0 aromatic rings. The van der Waals surface area contributed by atoms with E-state index in [0.717, 1.165) is 18.9 Å². The van der Waals surface area contributed by atoms with E-state index < -0.39 is 5.54 Å². The summed E-state index contributed by atoms with van der Waals surface area (Å²) in [6, 6.07) is 2.58. The van der Waals surface area contributed by atoms with Crippen LogP contribution in [0.5, 0.6) is 0 Å². The predicted octanol–water partition coefficient (Wildman–Crippen LogP) is 2.08. The highest BCUT2D eigenvalue weighted by molar-refractivity contribution is 5.04. The minimum Gasteiger partial charge on any atom is -0.378 e. The van der Waals surface area contributed by atoms with E-state index in [-0.39, 0.29) is 0 Å². The van der Waals surface area contributed by atoms with Crippen molar-refractivity contribution in [3.63, 3.8) is 0 Å². The second kappa shape index (κ2) is 5.48. The lowest BCUT2D eigenvalue weighted by molar-refractivity contribution is 0.0879. The average molecular weight is 210 g/mol. The van der Waals surface area contributed by atoms with Gasteiger partial charge in [-0.05, 0) is 33.1 Å². The zero-order chi connectivity index (χ0) is 11.3. The maximum Gasteiger partial charge on any atom is 0.127 e. The van der Waals surface area contributed by atoms with Crippen molar-refractivity contribution in [2.75, 3.05) is 13.2 Å². The molecular formula is C12H22N2O. The van der Waals surface area contributed by atoms with Crippen molar-refractivity contribution in [3.8, 4) is 6.07 Å². The maximum atomic E-state index is 9.06. The molecule has 0 aromatic heterocycles. The lowest BCUT2D eigenvalue weighted by atomic mass is 10.1. The van der Waals surface area contributed by atoms with Crippen molar-refractivity contribution in [2.45, 2.75) is 51.6 Å². The summed E-state index contributed by atoms with van der Waals surface area (Å²) in [6.07, 6.45) is 3.88. The molecule has 1 aliphatic carbocycles. The Kier molecular flexibility index (Phi) is 4.56. The molecule has 3 heteroatoms. The molecule has 0 heterocycles. The van der Waals surface area contributed by atoms with Crippen LogP contribution in [0.4, 0.5) is 0 Å². The third kappa shape index (κ3) is 5.15. The van der Waals surface area contributed by atoms with Crippen LogP contribution in [-0.4, -0.2) is 24.8 Å². The van der Waals surface area contributed by atoms with Crippen LogP contribution in [0.3, 0.4) is 0 Å². The first kappa shape index (κ1) is 12.5. The van der Waals surface area contributed by atoms with Crippen molar-refractivity contribution in [3.05, 3.63) is 0 Å². The molecule has 1 saturated carbocycles. The number of nitrogens with zero attached hydrogens (tertiary/aromatic N) is 1. The fourth-order valence-electron chi connectivity index (χ4n) is 1.68. The van der Waals surface area contributed by atoms with E-state index in [1.807, 2.05) is 20.8 Å². The minimum absolute atomic E-state index is 0.307. The molecule has 0 saturated heterocycles. The van der Waals surface area contributed by atoms with Crippen LogP contribution in [0.25, 0.3) is 0 Å². The van der Waals surface area contributed by atoms with Gasteiger partial charge in [0.15, 0.2) is 0 Å². The van der Waals surface area contributed by atoms with Gasteiger partial charge in [0, 0.05) is 12.6 Å². The molecule has 1 unspecified atom stereocenters. The molecule has 1 N–H and O–H groups in total. The van der Waals surface area contributed by atoms with Crippen LogP contribution >= 0.6 is 0 Å². The topological polar surface area (TPSA) is 45.0 Å². The molecule has 0 bridgehead atoms. The molecule has 1 rings (SSSR count). The van der Waals surface area contributed by atoms with Crippen molar-refractivity contribution in [2.24, 2.45) is 5.92 Å². The zero-order valence-corrected chi connectivity index (χ0v) is 10.0. The number of ether oxygens (including phenoxy) is 1. The normalized spacial score (nSPS) is 19.9. The number of rotatable bonds is 7. The Hall–Kier alpha value is -0.590. The van der Waals surface area contributed by atoms with Gasteiger partial charge in [-0.15, -0.1) is 0 Å². The van der Waals surface area contributed by atoms with E-state index in [0.29, 0.717) is 12.6 Å². The zero-order valence-electron chi connectivity index (χ0n) is 10.0. The molecule has 3 nitrogen and oxygen atoms in total. The molecule has 1 atom stereocenters. The Morgan fingerprint density at radius 1 is 1.53 bits per heavy atom. The fraction of sp³-hybridized carbons (Fsp3) is 0.917. The van der Waals surface area contributed by atoms with Gasteiger partial charge >= 0.3 is 0 Å². The summed E-state index contributed by atoms with van der Waals surface area (Å²) >= 11 is 0. The summed E-state index contributed by atoms with van der Waals surface area (Å²) in [5.41, 5.74) is -0.544. The second-order valence-corrected chi connectivity index (χ2v) is 5.03. The van der Waals surface area contributed by atoms with Crippen molar-refractivity contribution in [1.29, 1.82) is 5.26 Å². The largest absolute Gasteiger partial charge is 0.378 e. The first-order chi connectivity index (χ1) is 7.06. The van der Waals surface area contributed by atoms with E-state index >= 15 is 0 Å². The van der Waals surface area contributed by atoms with Crippen LogP contribution < -0.4 is 5.32 Å². The van der Waals surface area contributed by atoms with E-state index in [1.54, 1.807) is 0 Å². The summed E-state index contributed by atoms with van der Waals surface area (Å²) < 4.78 is 5.56. The predicted molar refractivity (Wildman–Crippen MR) is 60.4 cm³/mol. The Morgan fingerprint density at radius 3 is 2.67 bits per heavy atom. The second-order valence-electron chi connectivity index (χ2n) is 5.03. The molecular weight excluding hydrogens is 188 g/mol. The molecule has 0 aliphatic heterocycles. The Bertz CT molecular complexity index is 230. The summed E-state index contributed by atoms with van der Waals surface area (Å²) in [7, 11) is 0. The third-order valence-corrected chi connectivity index (χ3v) is 2.61. The van der Waals surface area contributed by atoms with Gasteiger partial charge in [0.1, 0.15) is 5.54 Å². The maximum absolute atomic E-state index is 9.06. The van der Waals surface area contributed by atoms with Crippen LogP contribution in [0.1, 0.15) is 40.0 Å². The van der Waals surface area contributed by atoms with Crippen molar-refractivity contribution in [1.82, 2.24) is 5.32 Å². The van der Waals surface area contributed by atoms with Gasteiger partial charge in [0.25, 0.3) is 0 Å². The molecule has 86 valence electrons.